The third-order valence-corrected chi connectivity index (χ3v) is 4.31. The van der Waals surface area contributed by atoms with Crippen molar-refractivity contribution in [1.82, 2.24) is 10.3 Å². The SMILES string of the molecule is COC(=O)[C@@H](N[C@@H](C)c1ccc(Cl)s1)c1cccnc1. The number of ether oxygens (including phenoxy) is 1. The van der Waals surface area contributed by atoms with E-state index in [0.717, 1.165) is 14.8 Å². The van der Waals surface area contributed by atoms with Crippen LogP contribution in [0.25, 0.3) is 0 Å². The van der Waals surface area contributed by atoms with Gasteiger partial charge in [0, 0.05) is 23.3 Å². The van der Waals surface area contributed by atoms with Gasteiger partial charge in [0.25, 0.3) is 0 Å². The number of thiophene rings is 1. The van der Waals surface area contributed by atoms with Crippen LogP contribution < -0.4 is 5.32 Å². The van der Waals surface area contributed by atoms with Crippen LogP contribution in [0.5, 0.6) is 0 Å². The van der Waals surface area contributed by atoms with E-state index in [2.05, 4.69) is 10.3 Å². The number of hydrogen-bond donors (Lipinski definition) is 1. The maximum atomic E-state index is 11.9. The minimum atomic E-state index is -0.551. The Kier molecular flexibility index (Phi) is 5.11. The maximum Gasteiger partial charge on any atom is 0.327 e. The number of carbonyl (C=O) groups is 1. The van der Waals surface area contributed by atoms with Gasteiger partial charge in [-0.25, -0.2) is 4.79 Å². The van der Waals surface area contributed by atoms with Crippen LogP contribution in [-0.4, -0.2) is 18.1 Å². The summed E-state index contributed by atoms with van der Waals surface area (Å²) in [5.74, 6) is -0.340. The molecule has 0 spiro atoms. The highest BCUT2D eigenvalue weighted by Gasteiger charge is 2.24. The number of aromatic nitrogens is 1. The van der Waals surface area contributed by atoms with Gasteiger partial charge in [-0.2, -0.15) is 0 Å². The lowest BCUT2D eigenvalue weighted by Crippen LogP contribution is -2.31. The van der Waals surface area contributed by atoms with E-state index >= 15 is 0 Å². The Morgan fingerprint density at radius 3 is 2.80 bits per heavy atom. The first kappa shape index (κ1) is 15.0. The Morgan fingerprint density at radius 1 is 1.45 bits per heavy atom. The standard InChI is InChI=1S/C14H15ClN2O2S/c1-9(11-5-6-12(15)20-11)17-13(14(18)19-2)10-4-3-7-16-8-10/h3-9,13,17H,1-2H3/t9-,13-/m0/s1. The molecular weight excluding hydrogens is 296 g/mol. The van der Waals surface area contributed by atoms with Crippen molar-refractivity contribution in [3.05, 3.63) is 51.4 Å². The highest BCUT2D eigenvalue weighted by molar-refractivity contribution is 7.16. The van der Waals surface area contributed by atoms with Crippen LogP contribution in [0, 0.1) is 0 Å². The van der Waals surface area contributed by atoms with E-state index in [-0.39, 0.29) is 12.0 Å². The quantitative estimate of drug-likeness (QED) is 0.860. The van der Waals surface area contributed by atoms with Gasteiger partial charge in [-0.15, -0.1) is 11.3 Å². The van der Waals surface area contributed by atoms with Crippen molar-refractivity contribution in [3.8, 4) is 0 Å². The van der Waals surface area contributed by atoms with Crippen LogP contribution in [-0.2, 0) is 9.53 Å². The first-order chi connectivity index (χ1) is 9.61. The molecule has 2 aromatic heterocycles. The van der Waals surface area contributed by atoms with Crippen LogP contribution in [0.15, 0.2) is 36.7 Å². The molecule has 0 radical (unpaired) electrons. The monoisotopic (exact) mass is 310 g/mol. The molecule has 2 heterocycles. The van der Waals surface area contributed by atoms with Crippen molar-refractivity contribution in [2.24, 2.45) is 0 Å². The van der Waals surface area contributed by atoms with Gasteiger partial charge in [0.05, 0.1) is 11.4 Å². The zero-order valence-corrected chi connectivity index (χ0v) is 12.7. The summed E-state index contributed by atoms with van der Waals surface area (Å²) in [5, 5.41) is 3.25. The topological polar surface area (TPSA) is 51.2 Å². The average Bonchev–Trinajstić information content (AvgIpc) is 2.91. The predicted octanol–water partition coefficient (Wildman–Crippen LogP) is 3.36. The third kappa shape index (κ3) is 3.56. The Balaban J connectivity index is 2.18. The van der Waals surface area contributed by atoms with Crippen molar-refractivity contribution in [2.45, 2.75) is 19.0 Å². The zero-order valence-electron chi connectivity index (χ0n) is 11.2. The summed E-state index contributed by atoms with van der Waals surface area (Å²) in [5.41, 5.74) is 0.772. The molecule has 1 N–H and O–H groups in total. The van der Waals surface area contributed by atoms with Crippen LogP contribution >= 0.6 is 22.9 Å². The Morgan fingerprint density at radius 2 is 2.25 bits per heavy atom. The number of halogens is 1. The van der Waals surface area contributed by atoms with Gasteiger partial charge >= 0.3 is 5.97 Å². The van der Waals surface area contributed by atoms with E-state index in [1.807, 2.05) is 25.1 Å². The highest BCUT2D eigenvalue weighted by Crippen LogP contribution is 2.28. The first-order valence-corrected chi connectivity index (χ1v) is 7.30. The third-order valence-electron chi connectivity index (χ3n) is 2.89. The highest BCUT2D eigenvalue weighted by atomic mass is 35.5. The fourth-order valence-corrected chi connectivity index (χ4v) is 2.93. The van der Waals surface area contributed by atoms with Crippen LogP contribution in [0.4, 0.5) is 0 Å². The molecule has 0 aliphatic heterocycles. The fraction of sp³-hybridized carbons (Fsp3) is 0.286. The lowest BCUT2D eigenvalue weighted by atomic mass is 10.1. The predicted molar refractivity (Wildman–Crippen MR) is 79.9 cm³/mol. The lowest BCUT2D eigenvalue weighted by molar-refractivity contribution is -0.143. The fourth-order valence-electron chi connectivity index (χ4n) is 1.86. The van der Waals surface area contributed by atoms with Crippen LogP contribution in [0.1, 0.15) is 29.4 Å². The van der Waals surface area contributed by atoms with E-state index in [0.29, 0.717) is 0 Å². The summed E-state index contributed by atoms with van der Waals surface area (Å²) < 4.78 is 5.58. The molecule has 0 bridgehead atoms. The maximum absolute atomic E-state index is 11.9. The molecule has 0 fully saturated rings. The van der Waals surface area contributed by atoms with E-state index in [1.54, 1.807) is 18.5 Å². The minimum absolute atomic E-state index is 0.0168. The molecule has 0 unspecified atom stereocenters. The minimum Gasteiger partial charge on any atom is -0.468 e. The number of carbonyl (C=O) groups excluding carboxylic acids is 1. The van der Waals surface area contributed by atoms with E-state index in [9.17, 15) is 4.79 Å². The molecule has 20 heavy (non-hydrogen) atoms. The normalized spacial score (nSPS) is 13.8. The van der Waals surface area contributed by atoms with Crippen molar-refractivity contribution in [2.75, 3.05) is 7.11 Å². The molecule has 0 amide bonds. The molecule has 106 valence electrons. The van der Waals surface area contributed by atoms with E-state index in [4.69, 9.17) is 16.3 Å². The number of hydrogen-bond acceptors (Lipinski definition) is 5. The molecule has 6 heteroatoms. The molecular formula is C14H15ClN2O2S. The van der Waals surface area contributed by atoms with Crippen LogP contribution in [0.2, 0.25) is 4.34 Å². The van der Waals surface area contributed by atoms with Gasteiger partial charge < -0.3 is 4.74 Å². The number of methoxy groups -OCH3 is 1. The van der Waals surface area contributed by atoms with Gasteiger partial charge in [-0.3, -0.25) is 10.3 Å². The number of rotatable bonds is 5. The molecule has 2 rings (SSSR count). The number of pyridine rings is 1. The summed E-state index contributed by atoms with van der Waals surface area (Å²) in [6.07, 6.45) is 3.32. The van der Waals surface area contributed by atoms with Crippen molar-refractivity contribution in [3.63, 3.8) is 0 Å². The first-order valence-electron chi connectivity index (χ1n) is 6.11. The van der Waals surface area contributed by atoms with Crippen molar-refractivity contribution >= 4 is 28.9 Å². The molecule has 0 aliphatic carbocycles. The number of nitrogens with zero attached hydrogens (tertiary/aromatic N) is 1. The van der Waals surface area contributed by atoms with Crippen LogP contribution in [0.3, 0.4) is 0 Å². The second kappa shape index (κ2) is 6.83. The largest absolute Gasteiger partial charge is 0.468 e. The smallest absolute Gasteiger partial charge is 0.327 e. The Bertz CT molecular complexity index is 574. The summed E-state index contributed by atoms with van der Waals surface area (Å²) in [7, 11) is 1.38. The van der Waals surface area contributed by atoms with Gasteiger partial charge in [0.15, 0.2) is 0 Å². The van der Waals surface area contributed by atoms with Gasteiger partial charge in [-0.05, 0) is 30.7 Å². The molecule has 2 aromatic rings. The summed E-state index contributed by atoms with van der Waals surface area (Å²) >= 11 is 7.42. The number of esters is 1. The lowest BCUT2D eigenvalue weighted by Gasteiger charge is -2.20. The summed E-state index contributed by atoms with van der Waals surface area (Å²) in [6.45, 7) is 1.98. The van der Waals surface area contributed by atoms with Crippen molar-refractivity contribution in [1.29, 1.82) is 0 Å². The second-order valence-electron chi connectivity index (χ2n) is 4.27. The number of nitrogens with one attached hydrogen (secondary N) is 1. The molecule has 4 nitrogen and oxygen atoms in total. The summed E-state index contributed by atoms with van der Waals surface area (Å²) in [6, 6.07) is 6.86. The molecule has 0 aromatic carbocycles. The van der Waals surface area contributed by atoms with Gasteiger partial charge in [-0.1, -0.05) is 17.7 Å². The second-order valence-corrected chi connectivity index (χ2v) is 6.02. The van der Waals surface area contributed by atoms with E-state index in [1.165, 1.54) is 18.4 Å². The van der Waals surface area contributed by atoms with E-state index < -0.39 is 6.04 Å². The van der Waals surface area contributed by atoms with Gasteiger partial charge in [0.1, 0.15) is 6.04 Å². The van der Waals surface area contributed by atoms with Gasteiger partial charge in [0.2, 0.25) is 0 Å². The van der Waals surface area contributed by atoms with Crippen molar-refractivity contribution < 1.29 is 9.53 Å². The molecule has 0 aliphatic rings. The summed E-state index contributed by atoms with van der Waals surface area (Å²) in [4.78, 5) is 17.1. The zero-order chi connectivity index (χ0) is 14.5. The molecule has 0 saturated carbocycles. The Hall–Kier alpha value is -1.43. The Labute approximate surface area is 126 Å². The molecule has 0 saturated heterocycles. The molecule has 2 atom stereocenters. The average molecular weight is 311 g/mol.